The summed E-state index contributed by atoms with van der Waals surface area (Å²) in [6, 6.07) is 0. The molecular formula is C7H11N7. The summed E-state index contributed by atoms with van der Waals surface area (Å²) in [6.07, 6.45) is 3.77. The zero-order valence-electron chi connectivity index (χ0n) is 7.83. The summed E-state index contributed by atoms with van der Waals surface area (Å²) in [5, 5.41) is 14.9. The first-order valence-corrected chi connectivity index (χ1v) is 4.26. The van der Waals surface area contributed by atoms with Crippen LogP contribution in [0.15, 0.2) is 12.4 Å². The van der Waals surface area contributed by atoms with Crippen LogP contribution in [0.2, 0.25) is 0 Å². The number of rotatable bonds is 3. The summed E-state index contributed by atoms with van der Waals surface area (Å²) in [6.45, 7) is 3.33. The largest absolute Gasteiger partial charge is 0.367 e. The number of hydrogen-bond donors (Lipinski definition) is 1. The van der Waals surface area contributed by atoms with Crippen molar-refractivity contribution in [1.82, 2.24) is 30.0 Å². The summed E-state index contributed by atoms with van der Waals surface area (Å²) < 4.78 is 3.37. The number of aromatic nitrogens is 6. The summed E-state index contributed by atoms with van der Waals surface area (Å²) in [5.41, 5.74) is 6.64. The number of nitrogens with zero attached hydrogens (tertiary/aromatic N) is 6. The number of tetrazole rings is 1. The van der Waals surface area contributed by atoms with Crippen LogP contribution < -0.4 is 5.73 Å². The van der Waals surface area contributed by atoms with Crippen LogP contribution in [0.3, 0.4) is 0 Å². The Morgan fingerprint density at radius 3 is 2.86 bits per heavy atom. The highest BCUT2D eigenvalue weighted by Gasteiger charge is 2.00. The van der Waals surface area contributed by atoms with E-state index in [2.05, 4.69) is 20.6 Å². The van der Waals surface area contributed by atoms with E-state index in [1.807, 2.05) is 24.0 Å². The van der Waals surface area contributed by atoms with Gasteiger partial charge in [0, 0.05) is 6.20 Å². The van der Waals surface area contributed by atoms with Gasteiger partial charge in [-0.25, -0.2) is 4.68 Å². The van der Waals surface area contributed by atoms with Gasteiger partial charge in [0.15, 0.2) is 0 Å². The maximum Gasteiger partial charge on any atom is 0.240 e. The summed E-state index contributed by atoms with van der Waals surface area (Å²) in [7, 11) is 0. The van der Waals surface area contributed by atoms with E-state index < -0.39 is 0 Å². The van der Waals surface area contributed by atoms with Gasteiger partial charge in [-0.15, -0.1) is 0 Å². The van der Waals surface area contributed by atoms with Crippen molar-refractivity contribution in [3.8, 4) is 0 Å². The Labute approximate surface area is 80.5 Å². The second kappa shape index (κ2) is 3.44. The quantitative estimate of drug-likeness (QED) is 0.707. The average molecular weight is 193 g/mol. The van der Waals surface area contributed by atoms with E-state index in [-0.39, 0.29) is 0 Å². The Balaban J connectivity index is 1.98. The second-order valence-corrected chi connectivity index (χ2v) is 3.04. The van der Waals surface area contributed by atoms with Gasteiger partial charge in [0.1, 0.15) is 0 Å². The Bertz CT molecular complexity index is 415. The Morgan fingerprint density at radius 1 is 1.43 bits per heavy atom. The average Bonchev–Trinajstić information content (AvgIpc) is 2.72. The van der Waals surface area contributed by atoms with Crippen molar-refractivity contribution in [2.45, 2.75) is 20.0 Å². The highest BCUT2D eigenvalue weighted by atomic mass is 15.6. The minimum atomic E-state index is 0.328. The molecule has 2 aromatic heterocycles. The van der Waals surface area contributed by atoms with E-state index in [1.165, 1.54) is 4.68 Å². The van der Waals surface area contributed by atoms with Crippen molar-refractivity contribution in [3.63, 3.8) is 0 Å². The summed E-state index contributed by atoms with van der Waals surface area (Å²) in [5.74, 6) is 0.328. The van der Waals surface area contributed by atoms with Gasteiger partial charge in [-0.05, 0) is 22.9 Å². The molecule has 0 aliphatic carbocycles. The van der Waals surface area contributed by atoms with Gasteiger partial charge in [-0.1, -0.05) is 5.10 Å². The first-order chi connectivity index (χ1) is 6.75. The van der Waals surface area contributed by atoms with Crippen molar-refractivity contribution in [3.05, 3.63) is 18.0 Å². The molecule has 7 nitrogen and oxygen atoms in total. The molecule has 0 aromatic carbocycles. The van der Waals surface area contributed by atoms with E-state index in [0.29, 0.717) is 19.0 Å². The van der Waals surface area contributed by atoms with Crippen LogP contribution in [-0.4, -0.2) is 30.0 Å². The topological polar surface area (TPSA) is 87.4 Å². The highest BCUT2D eigenvalue weighted by molar-refractivity contribution is 5.09. The lowest BCUT2D eigenvalue weighted by Gasteiger charge is -2.01. The lowest BCUT2D eigenvalue weighted by Crippen LogP contribution is -2.11. The van der Waals surface area contributed by atoms with Crippen LogP contribution in [0.25, 0.3) is 0 Å². The molecular weight excluding hydrogens is 182 g/mol. The minimum absolute atomic E-state index is 0.328. The van der Waals surface area contributed by atoms with E-state index in [1.54, 1.807) is 0 Å². The Kier molecular flexibility index (Phi) is 2.13. The highest BCUT2D eigenvalue weighted by Crippen LogP contribution is 1.97. The van der Waals surface area contributed by atoms with E-state index >= 15 is 0 Å². The first kappa shape index (κ1) is 8.67. The van der Waals surface area contributed by atoms with Crippen molar-refractivity contribution < 1.29 is 0 Å². The fourth-order valence-corrected chi connectivity index (χ4v) is 1.16. The molecule has 0 saturated heterocycles. The molecule has 2 heterocycles. The number of aryl methyl sites for hydroxylation is 3. The number of nitrogens with two attached hydrogens (primary N) is 1. The SMILES string of the molecule is Cc1cnn(CCn2nnnc2N)c1. The van der Waals surface area contributed by atoms with Crippen LogP contribution in [0, 0.1) is 6.92 Å². The molecule has 0 bridgehead atoms. The molecule has 2 rings (SSSR count). The second-order valence-electron chi connectivity index (χ2n) is 3.04. The number of nitrogen functional groups attached to an aromatic ring is 1. The predicted molar refractivity (Wildman–Crippen MR) is 49.2 cm³/mol. The molecule has 74 valence electrons. The van der Waals surface area contributed by atoms with Gasteiger partial charge >= 0.3 is 0 Å². The standard InChI is InChI=1S/C7H11N7/c1-6-4-9-13(5-6)2-3-14-7(8)10-11-12-14/h4-5H,2-3H2,1H3,(H2,8,10,12). The number of hydrogen-bond acceptors (Lipinski definition) is 5. The van der Waals surface area contributed by atoms with Gasteiger partial charge in [0.25, 0.3) is 0 Å². The van der Waals surface area contributed by atoms with Crippen molar-refractivity contribution in [2.75, 3.05) is 5.73 Å². The van der Waals surface area contributed by atoms with Crippen molar-refractivity contribution >= 4 is 5.95 Å². The van der Waals surface area contributed by atoms with E-state index in [0.717, 1.165) is 5.56 Å². The Morgan fingerprint density at radius 2 is 2.29 bits per heavy atom. The molecule has 0 amide bonds. The monoisotopic (exact) mass is 193 g/mol. The molecule has 0 aliphatic heterocycles. The molecule has 7 heteroatoms. The third-order valence-electron chi connectivity index (χ3n) is 1.86. The van der Waals surface area contributed by atoms with Crippen LogP contribution in [0.5, 0.6) is 0 Å². The van der Waals surface area contributed by atoms with Gasteiger partial charge < -0.3 is 5.73 Å². The molecule has 0 unspecified atom stereocenters. The molecule has 0 fully saturated rings. The predicted octanol–water partition coefficient (Wildman–Crippen LogP) is -0.540. The fraction of sp³-hybridized carbons (Fsp3) is 0.429. The zero-order chi connectivity index (χ0) is 9.97. The zero-order valence-corrected chi connectivity index (χ0v) is 7.83. The number of anilines is 1. The smallest absolute Gasteiger partial charge is 0.240 e. The summed E-state index contributed by atoms with van der Waals surface area (Å²) in [4.78, 5) is 0. The van der Waals surface area contributed by atoms with Crippen molar-refractivity contribution in [2.24, 2.45) is 0 Å². The molecule has 0 atom stereocenters. The lowest BCUT2D eigenvalue weighted by molar-refractivity contribution is 0.494. The molecule has 2 aromatic rings. The first-order valence-electron chi connectivity index (χ1n) is 4.26. The molecule has 0 spiro atoms. The van der Waals surface area contributed by atoms with Gasteiger partial charge in [-0.2, -0.15) is 5.10 Å². The van der Waals surface area contributed by atoms with Gasteiger partial charge in [0.2, 0.25) is 5.95 Å². The third-order valence-corrected chi connectivity index (χ3v) is 1.86. The van der Waals surface area contributed by atoms with Gasteiger partial charge in [-0.3, -0.25) is 4.68 Å². The maximum atomic E-state index is 5.51. The molecule has 14 heavy (non-hydrogen) atoms. The van der Waals surface area contributed by atoms with Crippen LogP contribution in [0.4, 0.5) is 5.95 Å². The molecule has 2 N–H and O–H groups in total. The van der Waals surface area contributed by atoms with E-state index in [9.17, 15) is 0 Å². The normalized spacial score (nSPS) is 10.6. The van der Waals surface area contributed by atoms with Crippen LogP contribution in [-0.2, 0) is 13.1 Å². The lowest BCUT2D eigenvalue weighted by atomic mass is 10.4. The third kappa shape index (κ3) is 1.70. The van der Waals surface area contributed by atoms with Crippen LogP contribution in [0.1, 0.15) is 5.56 Å². The minimum Gasteiger partial charge on any atom is -0.367 e. The summed E-state index contributed by atoms with van der Waals surface area (Å²) >= 11 is 0. The van der Waals surface area contributed by atoms with Crippen LogP contribution >= 0.6 is 0 Å². The molecule has 0 saturated carbocycles. The molecule has 0 radical (unpaired) electrons. The fourth-order valence-electron chi connectivity index (χ4n) is 1.16. The molecule has 0 aliphatic rings. The van der Waals surface area contributed by atoms with E-state index in [4.69, 9.17) is 5.73 Å². The van der Waals surface area contributed by atoms with Gasteiger partial charge in [0.05, 0.1) is 19.3 Å². The Hall–Kier alpha value is -1.92. The maximum absolute atomic E-state index is 5.51. The van der Waals surface area contributed by atoms with Crippen molar-refractivity contribution in [1.29, 1.82) is 0 Å².